The third-order valence-electron chi connectivity index (χ3n) is 6.45. The summed E-state index contributed by atoms with van der Waals surface area (Å²) in [6.07, 6.45) is 1.41. The lowest BCUT2D eigenvalue weighted by Gasteiger charge is -2.29. The Morgan fingerprint density at radius 3 is 2.62 bits per heavy atom. The normalized spacial score (nSPS) is 13.9. The van der Waals surface area contributed by atoms with Gasteiger partial charge in [-0.3, -0.25) is 9.11 Å². The van der Waals surface area contributed by atoms with E-state index in [0.717, 1.165) is 0 Å². The summed E-state index contributed by atoms with van der Waals surface area (Å²) in [6, 6.07) is 11.3. The Labute approximate surface area is 230 Å². The van der Waals surface area contributed by atoms with Crippen molar-refractivity contribution < 1.29 is 26.7 Å². The summed E-state index contributed by atoms with van der Waals surface area (Å²) in [4.78, 5) is 15.8. The fourth-order valence-electron chi connectivity index (χ4n) is 4.48. The highest BCUT2D eigenvalue weighted by Gasteiger charge is 2.23. The molecule has 3 N–H and O–H groups in total. The van der Waals surface area contributed by atoms with Crippen molar-refractivity contribution in [1.82, 2.24) is 15.0 Å². The first kappa shape index (κ1) is 27.5. The van der Waals surface area contributed by atoms with E-state index >= 15 is 4.39 Å². The number of morpholine rings is 1. The lowest BCUT2D eigenvalue weighted by Crippen LogP contribution is -2.37. The van der Waals surface area contributed by atoms with Gasteiger partial charge in [0, 0.05) is 47.4 Å². The van der Waals surface area contributed by atoms with Crippen molar-refractivity contribution in [3.05, 3.63) is 54.5 Å². The lowest BCUT2D eigenvalue weighted by atomic mass is 10.0. The first-order chi connectivity index (χ1) is 19.3. The van der Waals surface area contributed by atoms with Crippen LogP contribution in [0.2, 0.25) is 0 Å². The number of alkyl halides is 1. The molecule has 0 spiro atoms. The maximum atomic E-state index is 15.8. The van der Waals surface area contributed by atoms with Crippen LogP contribution in [0.25, 0.3) is 33.4 Å². The maximum Gasteiger partial charge on any atom is 0.232 e. The summed E-state index contributed by atoms with van der Waals surface area (Å²) >= 11 is 0. The number of ether oxygens (including phenoxy) is 2. The number of pyridine rings is 1. The van der Waals surface area contributed by atoms with Crippen molar-refractivity contribution >= 4 is 38.2 Å². The Kier molecular flexibility index (Phi) is 7.94. The SMILES string of the molecule is COc1cc2nc(-c3ccc(N)nc3)nc(N3CCOCC3)c2cc1-c1cccc(NS(=O)(=O)CCCF)c1F. The number of benzene rings is 2. The van der Waals surface area contributed by atoms with Gasteiger partial charge in [0.05, 0.1) is 44.0 Å². The van der Waals surface area contributed by atoms with E-state index in [-0.39, 0.29) is 17.7 Å². The highest BCUT2D eigenvalue weighted by molar-refractivity contribution is 7.92. The van der Waals surface area contributed by atoms with Crippen molar-refractivity contribution in [3.63, 3.8) is 0 Å². The third kappa shape index (κ3) is 5.75. The molecule has 1 aliphatic heterocycles. The van der Waals surface area contributed by atoms with Gasteiger partial charge in [0.25, 0.3) is 0 Å². The quantitative estimate of drug-likeness (QED) is 0.306. The molecule has 2 aromatic heterocycles. The maximum absolute atomic E-state index is 15.8. The summed E-state index contributed by atoms with van der Waals surface area (Å²) in [5.41, 5.74) is 7.25. The zero-order valence-electron chi connectivity index (χ0n) is 21.7. The Morgan fingerprint density at radius 2 is 1.93 bits per heavy atom. The topological polar surface area (TPSA) is 133 Å². The monoisotopic (exact) mass is 570 g/mol. The van der Waals surface area contributed by atoms with Crippen molar-refractivity contribution in [3.8, 4) is 28.3 Å². The molecule has 0 aliphatic carbocycles. The van der Waals surface area contributed by atoms with E-state index in [1.807, 2.05) is 0 Å². The molecular formula is C27H28F2N6O4S. The molecule has 13 heteroatoms. The highest BCUT2D eigenvalue weighted by Crippen LogP contribution is 2.40. The van der Waals surface area contributed by atoms with E-state index in [2.05, 4.69) is 14.6 Å². The molecule has 5 rings (SSSR count). The number of nitrogens with zero attached hydrogens (tertiary/aromatic N) is 4. The lowest BCUT2D eigenvalue weighted by molar-refractivity contribution is 0.122. The van der Waals surface area contributed by atoms with Crippen LogP contribution in [-0.2, 0) is 14.8 Å². The molecule has 40 heavy (non-hydrogen) atoms. The van der Waals surface area contributed by atoms with Crippen LogP contribution in [0.3, 0.4) is 0 Å². The molecule has 1 saturated heterocycles. The molecule has 3 heterocycles. The fraction of sp³-hybridized carbons (Fsp3) is 0.296. The number of rotatable bonds is 9. The second-order valence-corrected chi connectivity index (χ2v) is 11.0. The number of fused-ring (bicyclic) bond motifs is 1. The molecule has 1 aliphatic rings. The van der Waals surface area contributed by atoms with Gasteiger partial charge < -0.3 is 20.1 Å². The van der Waals surface area contributed by atoms with Crippen molar-refractivity contribution in [2.45, 2.75) is 6.42 Å². The molecule has 210 valence electrons. The molecule has 4 aromatic rings. The summed E-state index contributed by atoms with van der Waals surface area (Å²) in [6.45, 7) is 1.44. The van der Waals surface area contributed by atoms with E-state index in [1.54, 1.807) is 30.5 Å². The molecule has 2 aromatic carbocycles. The molecule has 10 nitrogen and oxygen atoms in total. The molecule has 0 amide bonds. The third-order valence-corrected chi connectivity index (χ3v) is 7.81. The Morgan fingerprint density at radius 1 is 1.12 bits per heavy atom. The summed E-state index contributed by atoms with van der Waals surface area (Å²) in [5.74, 6) is 0.524. The largest absolute Gasteiger partial charge is 0.496 e. The number of aromatic nitrogens is 3. The van der Waals surface area contributed by atoms with E-state index in [0.29, 0.717) is 71.5 Å². The van der Waals surface area contributed by atoms with E-state index in [1.165, 1.54) is 25.3 Å². The average molecular weight is 571 g/mol. The van der Waals surface area contributed by atoms with Crippen LogP contribution in [0.4, 0.5) is 26.1 Å². The van der Waals surface area contributed by atoms with Crippen molar-refractivity contribution in [2.75, 3.05) is 61.2 Å². The number of hydrogen-bond donors (Lipinski definition) is 2. The second kappa shape index (κ2) is 11.6. The zero-order chi connectivity index (χ0) is 28.3. The van der Waals surface area contributed by atoms with Gasteiger partial charge in [0.2, 0.25) is 10.0 Å². The molecule has 1 fully saturated rings. The number of hydrogen-bond acceptors (Lipinski definition) is 9. The zero-order valence-corrected chi connectivity index (χ0v) is 22.5. The van der Waals surface area contributed by atoms with Crippen LogP contribution >= 0.6 is 0 Å². The van der Waals surface area contributed by atoms with Crippen LogP contribution < -0.4 is 20.1 Å². The van der Waals surface area contributed by atoms with Crippen molar-refractivity contribution in [1.29, 1.82) is 0 Å². The predicted octanol–water partition coefficient (Wildman–Crippen LogP) is 4.03. The van der Waals surface area contributed by atoms with Gasteiger partial charge in [-0.05, 0) is 30.7 Å². The first-order valence-electron chi connectivity index (χ1n) is 12.6. The van der Waals surface area contributed by atoms with Gasteiger partial charge in [0.1, 0.15) is 17.4 Å². The van der Waals surface area contributed by atoms with E-state index in [4.69, 9.17) is 25.2 Å². The van der Waals surface area contributed by atoms with Gasteiger partial charge >= 0.3 is 0 Å². The molecule has 0 bridgehead atoms. The van der Waals surface area contributed by atoms with Crippen LogP contribution in [0.1, 0.15) is 6.42 Å². The number of anilines is 3. The van der Waals surface area contributed by atoms with E-state index in [9.17, 15) is 12.8 Å². The Bertz CT molecular complexity index is 1630. The number of nitrogens with one attached hydrogen (secondary N) is 1. The number of nitrogens with two attached hydrogens (primary N) is 1. The van der Waals surface area contributed by atoms with Crippen LogP contribution in [0, 0.1) is 5.82 Å². The number of methoxy groups -OCH3 is 1. The molecule has 0 radical (unpaired) electrons. The average Bonchev–Trinajstić information content (AvgIpc) is 2.96. The Balaban J connectivity index is 1.66. The van der Waals surface area contributed by atoms with E-state index < -0.39 is 28.3 Å². The smallest absolute Gasteiger partial charge is 0.232 e. The Hall–Kier alpha value is -4.10. The minimum Gasteiger partial charge on any atom is -0.496 e. The summed E-state index contributed by atoms with van der Waals surface area (Å²) < 4.78 is 66.4. The van der Waals surface area contributed by atoms with Crippen LogP contribution in [0.5, 0.6) is 5.75 Å². The van der Waals surface area contributed by atoms with Gasteiger partial charge in [-0.15, -0.1) is 0 Å². The van der Waals surface area contributed by atoms with Gasteiger partial charge in [0.15, 0.2) is 11.6 Å². The predicted molar refractivity (Wildman–Crippen MR) is 150 cm³/mol. The van der Waals surface area contributed by atoms with Gasteiger partial charge in [-0.25, -0.2) is 27.8 Å². The second-order valence-electron chi connectivity index (χ2n) is 9.14. The summed E-state index contributed by atoms with van der Waals surface area (Å²) in [5, 5.41) is 0.651. The van der Waals surface area contributed by atoms with Crippen LogP contribution in [0.15, 0.2) is 48.7 Å². The molecule has 0 saturated carbocycles. The molecule has 0 unspecified atom stereocenters. The molecule has 0 atom stereocenters. The minimum atomic E-state index is -3.94. The van der Waals surface area contributed by atoms with Gasteiger partial charge in [-0.1, -0.05) is 12.1 Å². The van der Waals surface area contributed by atoms with Crippen LogP contribution in [-0.4, -0.2) is 69.2 Å². The van der Waals surface area contributed by atoms with Gasteiger partial charge in [-0.2, -0.15) is 0 Å². The summed E-state index contributed by atoms with van der Waals surface area (Å²) in [7, 11) is -2.48. The fourth-order valence-corrected chi connectivity index (χ4v) is 5.57. The minimum absolute atomic E-state index is 0.115. The van der Waals surface area contributed by atoms with Crippen molar-refractivity contribution in [2.24, 2.45) is 0 Å². The molecular weight excluding hydrogens is 542 g/mol. The first-order valence-corrected chi connectivity index (χ1v) is 14.2. The standard InChI is InChI=1S/C27H28F2N6O4S/c1-38-23-15-22-20(14-19(23)18-4-2-5-21(25(18)29)34-40(36,37)13-3-8-28)27(35-9-11-39-12-10-35)33-26(32-22)17-6-7-24(30)31-16-17/h2,4-7,14-16,34H,3,8-13H2,1H3,(H2,30,31). The highest BCUT2D eigenvalue weighted by atomic mass is 32.2. The number of halogens is 2. The number of sulfonamides is 1. The number of nitrogen functional groups attached to an aromatic ring is 1.